The first-order chi connectivity index (χ1) is 12.3. The van der Waals surface area contributed by atoms with Crippen molar-refractivity contribution in [3.63, 3.8) is 0 Å². The molecule has 2 aliphatic rings. The molecular formula is C18H17F3N4O. The third-order valence-electron chi connectivity index (χ3n) is 5.18. The summed E-state index contributed by atoms with van der Waals surface area (Å²) < 4.78 is 43.6. The van der Waals surface area contributed by atoms with Gasteiger partial charge in [0.25, 0.3) is 6.02 Å². The number of halogens is 3. The van der Waals surface area contributed by atoms with Gasteiger partial charge in [0.15, 0.2) is 0 Å². The summed E-state index contributed by atoms with van der Waals surface area (Å²) in [6.45, 7) is 1.96. The van der Waals surface area contributed by atoms with Crippen molar-refractivity contribution >= 4 is 6.02 Å². The highest BCUT2D eigenvalue weighted by Crippen LogP contribution is 2.41. The van der Waals surface area contributed by atoms with Crippen LogP contribution < -0.4 is 5.73 Å². The van der Waals surface area contributed by atoms with Gasteiger partial charge >= 0.3 is 6.18 Å². The second-order valence-corrected chi connectivity index (χ2v) is 6.73. The lowest BCUT2D eigenvalue weighted by atomic mass is 9.74. The Morgan fingerprint density at radius 3 is 2.58 bits per heavy atom. The average molecular weight is 362 g/mol. The zero-order valence-electron chi connectivity index (χ0n) is 14.0. The number of alkyl halides is 3. The first-order valence-corrected chi connectivity index (χ1v) is 8.31. The fraction of sp³-hybridized carbons (Fsp3) is 0.389. The Labute approximate surface area is 148 Å². The van der Waals surface area contributed by atoms with E-state index in [4.69, 9.17) is 10.5 Å². The highest BCUT2D eigenvalue weighted by Gasteiger charge is 2.45. The van der Waals surface area contributed by atoms with Gasteiger partial charge in [-0.25, -0.2) is 15.0 Å². The molecule has 8 heteroatoms. The SMILES string of the molecule is CC1OC(N)=NC12CCc1c(cccc1-c1cnc(C(F)(F)F)nc1)C2. The number of hydrogen-bond donors (Lipinski definition) is 1. The Hall–Kier alpha value is -2.64. The second-order valence-electron chi connectivity index (χ2n) is 6.73. The Kier molecular flexibility index (Phi) is 3.68. The molecule has 136 valence electrons. The number of nitrogens with two attached hydrogens (primary N) is 1. The minimum atomic E-state index is -4.54. The van der Waals surface area contributed by atoms with Crippen LogP contribution in [-0.4, -0.2) is 27.6 Å². The highest BCUT2D eigenvalue weighted by molar-refractivity contribution is 5.75. The molecule has 2 atom stereocenters. The van der Waals surface area contributed by atoms with Crippen LogP contribution in [-0.2, 0) is 23.8 Å². The molecule has 1 aromatic carbocycles. The molecule has 4 rings (SSSR count). The van der Waals surface area contributed by atoms with E-state index >= 15 is 0 Å². The molecule has 0 saturated carbocycles. The molecule has 26 heavy (non-hydrogen) atoms. The van der Waals surface area contributed by atoms with E-state index in [1.54, 1.807) is 0 Å². The molecule has 0 fully saturated rings. The fourth-order valence-electron chi connectivity index (χ4n) is 3.81. The van der Waals surface area contributed by atoms with Gasteiger partial charge in [-0.05, 0) is 36.5 Å². The highest BCUT2D eigenvalue weighted by atomic mass is 19.4. The number of fused-ring (bicyclic) bond motifs is 1. The van der Waals surface area contributed by atoms with Crippen molar-refractivity contribution in [2.24, 2.45) is 10.7 Å². The van der Waals surface area contributed by atoms with Gasteiger partial charge in [0.2, 0.25) is 5.82 Å². The van der Waals surface area contributed by atoms with Crippen LogP contribution in [0.4, 0.5) is 13.2 Å². The minimum absolute atomic E-state index is 0.103. The molecule has 5 nitrogen and oxygen atoms in total. The summed E-state index contributed by atoms with van der Waals surface area (Å²) in [5.41, 5.74) is 8.99. The Bertz CT molecular complexity index is 879. The molecule has 0 amide bonds. The number of amidine groups is 1. The van der Waals surface area contributed by atoms with Crippen LogP contribution in [0.2, 0.25) is 0 Å². The molecule has 0 bridgehead atoms. The maximum absolute atomic E-state index is 12.7. The van der Waals surface area contributed by atoms with Crippen molar-refractivity contribution in [3.8, 4) is 11.1 Å². The molecule has 1 aliphatic heterocycles. The largest absolute Gasteiger partial charge is 0.460 e. The lowest BCUT2D eigenvalue weighted by Gasteiger charge is -2.35. The molecule has 1 spiro atoms. The van der Waals surface area contributed by atoms with Crippen molar-refractivity contribution in [2.75, 3.05) is 0 Å². The van der Waals surface area contributed by atoms with Gasteiger partial charge in [0, 0.05) is 24.4 Å². The predicted octanol–water partition coefficient (Wildman–Crippen LogP) is 3.12. The molecule has 2 aromatic rings. The Morgan fingerprint density at radius 1 is 1.23 bits per heavy atom. The van der Waals surface area contributed by atoms with Gasteiger partial charge in [-0.3, -0.25) is 0 Å². The summed E-state index contributed by atoms with van der Waals surface area (Å²) >= 11 is 0. The third kappa shape index (κ3) is 2.69. The van der Waals surface area contributed by atoms with E-state index in [0.717, 1.165) is 29.5 Å². The van der Waals surface area contributed by atoms with E-state index in [2.05, 4.69) is 15.0 Å². The Morgan fingerprint density at radius 2 is 1.96 bits per heavy atom. The van der Waals surface area contributed by atoms with E-state index in [0.29, 0.717) is 12.0 Å². The van der Waals surface area contributed by atoms with Crippen molar-refractivity contribution < 1.29 is 17.9 Å². The normalized spacial score (nSPS) is 24.9. The standard InChI is InChI=1S/C18H17F3N4O/c1-10-17(25-16(22)26-10)6-5-14-11(7-17)3-2-4-13(14)12-8-23-15(24-9-12)18(19,20)21/h2-4,8-10H,5-7H2,1H3,(H2,22,25). The van der Waals surface area contributed by atoms with Crippen LogP contribution in [0.1, 0.15) is 30.3 Å². The number of ether oxygens (including phenoxy) is 1. The summed E-state index contributed by atoms with van der Waals surface area (Å²) in [6.07, 6.45) is -0.0108. The molecule has 0 saturated heterocycles. The van der Waals surface area contributed by atoms with E-state index < -0.39 is 12.0 Å². The summed E-state index contributed by atoms with van der Waals surface area (Å²) in [4.78, 5) is 11.5. The average Bonchev–Trinajstić information content (AvgIpc) is 2.86. The van der Waals surface area contributed by atoms with Gasteiger partial charge < -0.3 is 10.5 Å². The fourth-order valence-corrected chi connectivity index (χ4v) is 3.81. The van der Waals surface area contributed by atoms with Crippen molar-refractivity contribution in [3.05, 3.63) is 47.5 Å². The molecule has 2 heterocycles. The minimum Gasteiger partial charge on any atom is -0.460 e. The van der Waals surface area contributed by atoms with Crippen LogP contribution in [0, 0.1) is 0 Å². The Balaban J connectivity index is 1.70. The van der Waals surface area contributed by atoms with E-state index in [1.165, 1.54) is 12.4 Å². The number of aliphatic imine (C=N–C) groups is 1. The van der Waals surface area contributed by atoms with Crippen molar-refractivity contribution in [1.82, 2.24) is 9.97 Å². The predicted molar refractivity (Wildman–Crippen MR) is 89.4 cm³/mol. The quantitative estimate of drug-likeness (QED) is 0.846. The van der Waals surface area contributed by atoms with E-state index in [1.807, 2.05) is 25.1 Å². The summed E-state index contributed by atoms with van der Waals surface area (Å²) in [6, 6.07) is 6.00. The summed E-state index contributed by atoms with van der Waals surface area (Å²) in [5.74, 6) is -1.13. The summed E-state index contributed by atoms with van der Waals surface area (Å²) in [7, 11) is 0. The number of benzene rings is 1. The molecule has 1 aromatic heterocycles. The lowest BCUT2D eigenvalue weighted by molar-refractivity contribution is -0.144. The third-order valence-corrected chi connectivity index (χ3v) is 5.18. The second kappa shape index (κ2) is 5.69. The monoisotopic (exact) mass is 362 g/mol. The zero-order valence-corrected chi connectivity index (χ0v) is 14.0. The van der Waals surface area contributed by atoms with Crippen LogP contribution in [0.3, 0.4) is 0 Å². The number of hydrogen-bond acceptors (Lipinski definition) is 5. The first kappa shape index (κ1) is 16.8. The van der Waals surface area contributed by atoms with Gasteiger partial charge in [0.05, 0.1) is 0 Å². The zero-order chi connectivity index (χ0) is 18.5. The topological polar surface area (TPSA) is 73.4 Å². The molecule has 2 N–H and O–H groups in total. The van der Waals surface area contributed by atoms with Gasteiger partial charge in [0.1, 0.15) is 11.6 Å². The van der Waals surface area contributed by atoms with Gasteiger partial charge in [-0.15, -0.1) is 0 Å². The van der Waals surface area contributed by atoms with Crippen LogP contribution >= 0.6 is 0 Å². The van der Waals surface area contributed by atoms with Gasteiger partial charge in [-0.2, -0.15) is 13.2 Å². The number of aromatic nitrogens is 2. The van der Waals surface area contributed by atoms with Crippen molar-refractivity contribution in [2.45, 2.75) is 44.0 Å². The van der Waals surface area contributed by atoms with E-state index in [9.17, 15) is 13.2 Å². The summed E-state index contributed by atoms with van der Waals surface area (Å²) in [5, 5.41) is 0. The molecule has 1 aliphatic carbocycles. The van der Waals surface area contributed by atoms with Crippen LogP contribution in [0.25, 0.3) is 11.1 Å². The van der Waals surface area contributed by atoms with Crippen molar-refractivity contribution in [1.29, 1.82) is 0 Å². The van der Waals surface area contributed by atoms with Crippen LogP contribution in [0.5, 0.6) is 0 Å². The lowest BCUT2D eigenvalue weighted by Crippen LogP contribution is -2.41. The van der Waals surface area contributed by atoms with Gasteiger partial charge in [-0.1, -0.05) is 18.2 Å². The van der Waals surface area contributed by atoms with Crippen LogP contribution in [0.15, 0.2) is 35.6 Å². The first-order valence-electron chi connectivity index (χ1n) is 8.31. The number of rotatable bonds is 1. The smallest absolute Gasteiger partial charge is 0.451 e. The number of nitrogens with zero attached hydrogens (tertiary/aromatic N) is 3. The maximum atomic E-state index is 12.7. The molecule has 0 radical (unpaired) electrons. The van der Waals surface area contributed by atoms with E-state index in [-0.39, 0.29) is 17.7 Å². The molecule has 2 unspecified atom stereocenters. The molecular weight excluding hydrogens is 345 g/mol. The maximum Gasteiger partial charge on any atom is 0.451 e.